The number of benzene rings is 1. The molecule has 0 amide bonds. The lowest BCUT2D eigenvalue weighted by molar-refractivity contribution is 0.422. The van der Waals surface area contributed by atoms with Crippen LogP contribution < -0.4 is 0 Å². The number of rotatable bonds is 1. The Morgan fingerprint density at radius 2 is 2.00 bits per heavy atom. The van der Waals surface area contributed by atoms with Gasteiger partial charge in [-0.05, 0) is 24.3 Å². The zero-order chi connectivity index (χ0) is 8.39. The Bertz CT molecular complexity index is 353. The highest BCUT2D eigenvalue weighted by Crippen LogP contribution is 2.15. The van der Waals surface area contributed by atoms with Crippen molar-refractivity contribution in [3.63, 3.8) is 0 Å². The summed E-state index contributed by atoms with van der Waals surface area (Å²) >= 11 is 0. The third-order valence-corrected chi connectivity index (χ3v) is 1.51. The Hall–Kier alpha value is -1.64. The lowest BCUT2D eigenvalue weighted by atomic mass is 10.1. The monoisotopic (exact) mass is 162 g/mol. The molecule has 3 heteroatoms. The number of halogens is 1. The van der Waals surface area contributed by atoms with E-state index in [2.05, 4.69) is 15.7 Å². The molecule has 2 rings (SSSR count). The second-order valence-corrected chi connectivity index (χ2v) is 2.31. The zero-order valence-electron chi connectivity index (χ0n) is 6.12. The first-order valence-corrected chi connectivity index (χ1v) is 3.44. The maximum atomic E-state index is 12.5. The first kappa shape index (κ1) is 7.03. The van der Waals surface area contributed by atoms with Crippen LogP contribution in [0.4, 0.5) is 4.39 Å². The average molecular weight is 162 g/mol. The molecule has 1 aromatic carbocycles. The molecule has 1 aromatic heterocycles. The number of aromatic nitrogens is 1. The Morgan fingerprint density at radius 3 is 2.58 bits per heavy atom. The smallest absolute Gasteiger partial charge is 0.132 e. The second-order valence-electron chi connectivity index (χ2n) is 2.31. The van der Waals surface area contributed by atoms with Crippen LogP contribution in [0.2, 0.25) is 0 Å². The van der Waals surface area contributed by atoms with Crippen molar-refractivity contribution < 1.29 is 8.91 Å². The molecule has 0 spiro atoms. The van der Waals surface area contributed by atoms with E-state index in [0.29, 0.717) is 5.69 Å². The van der Waals surface area contributed by atoms with Gasteiger partial charge in [0.05, 0.1) is 6.07 Å². The Kier molecular flexibility index (Phi) is 1.63. The zero-order valence-corrected chi connectivity index (χ0v) is 6.12. The normalized spacial score (nSPS) is 10.1. The van der Waals surface area contributed by atoms with Gasteiger partial charge in [0.15, 0.2) is 0 Å². The topological polar surface area (TPSA) is 26.0 Å². The van der Waals surface area contributed by atoms with Gasteiger partial charge in [0.2, 0.25) is 0 Å². The van der Waals surface area contributed by atoms with Gasteiger partial charge in [-0.25, -0.2) is 4.39 Å². The summed E-state index contributed by atoms with van der Waals surface area (Å²) in [6.07, 6.45) is 1.36. The van der Waals surface area contributed by atoms with Gasteiger partial charge in [-0.15, -0.1) is 0 Å². The van der Waals surface area contributed by atoms with Gasteiger partial charge in [-0.1, -0.05) is 5.16 Å². The fourth-order valence-electron chi connectivity index (χ4n) is 0.931. The van der Waals surface area contributed by atoms with Crippen molar-refractivity contribution in [2.45, 2.75) is 0 Å². The number of nitrogens with zero attached hydrogens (tertiary/aromatic N) is 1. The van der Waals surface area contributed by atoms with Gasteiger partial charge in [0, 0.05) is 5.56 Å². The van der Waals surface area contributed by atoms with Crippen molar-refractivity contribution in [3.05, 3.63) is 42.4 Å². The van der Waals surface area contributed by atoms with Crippen LogP contribution in [0, 0.1) is 11.9 Å². The van der Waals surface area contributed by atoms with E-state index in [1.54, 1.807) is 12.1 Å². The molecule has 0 fully saturated rings. The molecule has 12 heavy (non-hydrogen) atoms. The van der Waals surface area contributed by atoms with Crippen LogP contribution in [0.25, 0.3) is 11.3 Å². The van der Waals surface area contributed by atoms with E-state index in [0.717, 1.165) is 5.56 Å². The summed E-state index contributed by atoms with van der Waals surface area (Å²) in [7, 11) is 0. The van der Waals surface area contributed by atoms with E-state index >= 15 is 0 Å². The average Bonchev–Trinajstić information content (AvgIpc) is 2.58. The van der Waals surface area contributed by atoms with Crippen LogP contribution in [-0.4, -0.2) is 5.16 Å². The summed E-state index contributed by atoms with van der Waals surface area (Å²) in [5, 5.41) is 3.66. The first-order chi connectivity index (χ1) is 5.86. The van der Waals surface area contributed by atoms with E-state index in [1.807, 2.05) is 0 Å². The molecule has 2 nitrogen and oxygen atoms in total. The molecule has 0 bridgehead atoms. The summed E-state index contributed by atoms with van der Waals surface area (Å²) in [6.45, 7) is 0. The predicted octanol–water partition coefficient (Wildman–Crippen LogP) is 2.28. The lowest BCUT2D eigenvalue weighted by Gasteiger charge is -1.92. The lowest BCUT2D eigenvalue weighted by Crippen LogP contribution is -1.77. The summed E-state index contributed by atoms with van der Waals surface area (Å²) in [4.78, 5) is 0. The van der Waals surface area contributed by atoms with Crippen molar-refractivity contribution in [2.24, 2.45) is 0 Å². The van der Waals surface area contributed by atoms with Crippen LogP contribution in [0.5, 0.6) is 0 Å². The van der Waals surface area contributed by atoms with E-state index in [9.17, 15) is 4.39 Å². The minimum atomic E-state index is -0.262. The van der Waals surface area contributed by atoms with Gasteiger partial charge in [-0.3, -0.25) is 0 Å². The van der Waals surface area contributed by atoms with Gasteiger partial charge in [0.1, 0.15) is 17.8 Å². The Balaban J connectivity index is 2.43. The largest absolute Gasteiger partial charge is 0.363 e. The number of hydrogen-bond acceptors (Lipinski definition) is 2. The summed E-state index contributed by atoms with van der Waals surface area (Å²) < 4.78 is 17.1. The van der Waals surface area contributed by atoms with E-state index in [-0.39, 0.29) is 5.82 Å². The molecule has 0 aliphatic rings. The van der Waals surface area contributed by atoms with Crippen molar-refractivity contribution in [3.8, 4) is 11.3 Å². The molecule has 0 atom stereocenters. The van der Waals surface area contributed by atoms with Gasteiger partial charge in [-0.2, -0.15) is 0 Å². The molecule has 59 valence electrons. The van der Waals surface area contributed by atoms with Crippen LogP contribution >= 0.6 is 0 Å². The summed E-state index contributed by atoms with van der Waals surface area (Å²) in [5.74, 6) is -0.262. The van der Waals surface area contributed by atoms with Gasteiger partial charge >= 0.3 is 0 Å². The molecular formula is C9H5FNO. The molecule has 0 aliphatic heterocycles. The van der Waals surface area contributed by atoms with E-state index < -0.39 is 0 Å². The van der Waals surface area contributed by atoms with Crippen LogP contribution in [0.15, 0.2) is 35.1 Å². The highest BCUT2D eigenvalue weighted by atomic mass is 19.1. The van der Waals surface area contributed by atoms with E-state index in [4.69, 9.17) is 0 Å². The second kappa shape index (κ2) is 2.77. The van der Waals surface area contributed by atoms with Crippen molar-refractivity contribution >= 4 is 0 Å². The molecule has 0 N–H and O–H groups in total. The third kappa shape index (κ3) is 1.21. The van der Waals surface area contributed by atoms with Crippen LogP contribution in [0.1, 0.15) is 0 Å². The molecule has 0 aliphatic carbocycles. The summed E-state index contributed by atoms with van der Waals surface area (Å²) in [5.41, 5.74) is 1.39. The fourth-order valence-corrected chi connectivity index (χ4v) is 0.931. The minimum absolute atomic E-state index is 0.262. The minimum Gasteiger partial charge on any atom is -0.363 e. The van der Waals surface area contributed by atoms with Gasteiger partial charge < -0.3 is 4.52 Å². The molecule has 1 heterocycles. The Labute approximate surface area is 68.6 Å². The third-order valence-electron chi connectivity index (χ3n) is 1.51. The molecule has 0 saturated heterocycles. The molecular weight excluding hydrogens is 157 g/mol. The fraction of sp³-hybridized carbons (Fsp3) is 0. The Morgan fingerprint density at radius 1 is 1.25 bits per heavy atom. The van der Waals surface area contributed by atoms with Gasteiger partial charge in [0.25, 0.3) is 0 Å². The van der Waals surface area contributed by atoms with Crippen LogP contribution in [0.3, 0.4) is 0 Å². The predicted molar refractivity (Wildman–Crippen MR) is 40.7 cm³/mol. The molecule has 0 unspecified atom stereocenters. The van der Waals surface area contributed by atoms with Crippen molar-refractivity contribution in [2.75, 3.05) is 0 Å². The highest BCUT2D eigenvalue weighted by molar-refractivity contribution is 5.56. The van der Waals surface area contributed by atoms with Crippen LogP contribution in [-0.2, 0) is 0 Å². The first-order valence-electron chi connectivity index (χ1n) is 3.44. The maximum absolute atomic E-state index is 12.5. The van der Waals surface area contributed by atoms with E-state index in [1.165, 1.54) is 18.4 Å². The molecule has 0 saturated carbocycles. The highest BCUT2D eigenvalue weighted by Gasteiger charge is 2.00. The summed E-state index contributed by atoms with van der Waals surface area (Å²) in [6, 6.07) is 8.78. The number of hydrogen-bond donors (Lipinski definition) is 0. The van der Waals surface area contributed by atoms with Crippen molar-refractivity contribution in [1.29, 1.82) is 0 Å². The molecule has 1 radical (unpaired) electrons. The van der Waals surface area contributed by atoms with Crippen molar-refractivity contribution in [1.82, 2.24) is 5.16 Å². The maximum Gasteiger partial charge on any atom is 0.132 e. The molecule has 2 aromatic rings. The quantitative estimate of drug-likeness (QED) is 0.642. The standard InChI is InChI=1S/C9H5FNO/c10-8-3-1-7(2-4-8)9-5-6-12-11-9/h1-4,6H. The SMILES string of the molecule is Fc1ccc(-c2[c]con2)cc1.